The molecule has 5 heteroatoms. The molecular weight excluding hydrogens is 252 g/mol. The Bertz CT molecular complexity index is 635. The summed E-state index contributed by atoms with van der Waals surface area (Å²) in [5.41, 5.74) is 6.61. The highest BCUT2D eigenvalue weighted by Crippen LogP contribution is 2.21. The Hall–Kier alpha value is -2.14. The van der Waals surface area contributed by atoms with E-state index in [-0.39, 0.29) is 5.56 Å². The van der Waals surface area contributed by atoms with Gasteiger partial charge in [-0.1, -0.05) is 6.07 Å². The van der Waals surface area contributed by atoms with Crippen LogP contribution in [0.1, 0.15) is 19.3 Å². The summed E-state index contributed by atoms with van der Waals surface area (Å²) in [6.45, 7) is 0. The smallest absolute Gasteiger partial charge is 0.255 e. The summed E-state index contributed by atoms with van der Waals surface area (Å²) in [4.78, 5) is 16.1. The zero-order valence-electron chi connectivity index (χ0n) is 11.2. The van der Waals surface area contributed by atoms with Gasteiger partial charge < -0.3 is 11.1 Å². The van der Waals surface area contributed by atoms with Crippen molar-refractivity contribution in [2.45, 2.75) is 31.3 Å². The van der Waals surface area contributed by atoms with E-state index in [1.165, 1.54) is 6.07 Å². The molecule has 0 aliphatic heterocycles. The van der Waals surface area contributed by atoms with E-state index in [1.807, 2.05) is 18.2 Å². The van der Waals surface area contributed by atoms with E-state index in [0.29, 0.717) is 12.1 Å². The van der Waals surface area contributed by atoms with Gasteiger partial charge in [-0.25, -0.2) is 4.98 Å². The summed E-state index contributed by atoms with van der Waals surface area (Å²) in [6, 6.07) is 9.59. The molecule has 3 rings (SSSR count). The molecule has 2 aromatic rings. The van der Waals surface area contributed by atoms with Gasteiger partial charge in [0.05, 0.1) is 11.9 Å². The molecule has 3 N–H and O–H groups in total. The molecule has 0 saturated heterocycles. The molecule has 1 saturated carbocycles. The SMILES string of the molecule is N[C@H]1CC[C@H](Nc2ccc(-n3ccccc3=O)cn2)C1. The van der Waals surface area contributed by atoms with Crippen molar-refractivity contribution in [2.24, 2.45) is 5.73 Å². The van der Waals surface area contributed by atoms with Crippen LogP contribution in [0.5, 0.6) is 0 Å². The van der Waals surface area contributed by atoms with Crippen LogP contribution in [0.25, 0.3) is 5.69 Å². The van der Waals surface area contributed by atoms with Crippen molar-refractivity contribution in [3.8, 4) is 5.69 Å². The number of nitrogens with zero attached hydrogens (tertiary/aromatic N) is 2. The molecule has 0 amide bonds. The maximum absolute atomic E-state index is 11.7. The second-order valence-electron chi connectivity index (χ2n) is 5.22. The van der Waals surface area contributed by atoms with E-state index >= 15 is 0 Å². The average Bonchev–Trinajstić information content (AvgIpc) is 2.86. The first-order valence-corrected chi connectivity index (χ1v) is 6.88. The third-order valence-electron chi connectivity index (χ3n) is 3.67. The summed E-state index contributed by atoms with van der Waals surface area (Å²) < 4.78 is 1.57. The minimum atomic E-state index is -0.0585. The Morgan fingerprint density at radius 3 is 2.80 bits per heavy atom. The quantitative estimate of drug-likeness (QED) is 0.887. The summed E-state index contributed by atoms with van der Waals surface area (Å²) in [7, 11) is 0. The van der Waals surface area contributed by atoms with Gasteiger partial charge in [-0.2, -0.15) is 0 Å². The molecule has 1 fully saturated rings. The monoisotopic (exact) mass is 270 g/mol. The predicted octanol–water partition coefficient (Wildman–Crippen LogP) is 1.52. The van der Waals surface area contributed by atoms with Gasteiger partial charge in [-0.05, 0) is 37.5 Å². The number of pyridine rings is 2. The van der Waals surface area contributed by atoms with Gasteiger partial charge in [0, 0.05) is 24.3 Å². The van der Waals surface area contributed by atoms with Crippen molar-refractivity contribution in [2.75, 3.05) is 5.32 Å². The highest BCUT2D eigenvalue weighted by molar-refractivity contribution is 5.41. The second kappa shape index (κ2) is 5.46. The van der Waals surface area contributed by atoms with Crippen LogP contribution in [-0.4, -0.2) is 21.6 Å². The molecule has 0 bridgehead atoms. The molecule has 2 heterocycles. The third-order valence-corrected chi connectivity index (χ3v) is 3.67. The minimum Gasteiger partial charge on any atom is -0.367 e. The number of anilines is 1. The lowest BCUT2D eigenvalue weighted by atomic mass is 10.2. The van der Waals surface area contributed by atoms with Crippen LogP contribution in [-0.2, 0) is 0 Å². The fraction of sp³-hybridized carbons (Fsp3) is 0.333. The van der Waals surface area contributed by atoms with Crippen LogP contribution in [0.4, 0.5) is 5.82 Å². The van der Waals surface area contributed by atoms with Gasteiger partial charge in [0.1, 0.15) is 5.82 Å². The van der Waals surface area contributed by atoms with Gasteiger partial charge in [0.2, 0.25) is 0 Å². The summed E-state index contributed by atoms with van der Waals surface area (Å²) in [6.07, 6.45) is 6.58. The summed E-state index contributed by atoms with van der Waals surface area (Å²) in [5.74, 6) is 0.830. The first kappa shape index (κ1) is 12.9. The van der Waals surface area contributed by atoms with Gasteiger partial charge in [0.15, 0.2) is 0 Å². The predicted molar refractivity (Wildman–Crippen MR) is 79.1 cm³/mol. The van der Waals surface area contributed by atoms with Crippen LogP contribution in [0.3, 0.4) is 0 Å². The number of rotatable bonds is 3. The summed E-state index contributed by atoms with van der Waals surface area (Å²) in [5, 5.41) is 3.39. The van der Waals surface area contributed by atoms with E-state index in [1.54, 1.807) is 23.0 Å². The van der Waals surface area contributed by atoms with Crippen LogP contribution in [0.15, 0.2) is 47.5 Å². The van der Waals surface area contributed by atoms with Crippen LogP contribution >= 0.6 is 0 Å². The fourth-order valence-electron chi connectivity index (χ4n) is 2.61. The lowest BCUT2D eigenvalue weighted by molar-refractivity contribution is 0.686. The molecular formula is C15H18N4O. The molecule has 0 radical (unpaired) electrons. The molecule has 2 aromatic heterocycles. The van der Waals surface area contributed by atoms with Crippen LogP contribution in [0.2, 0.25) is 0 Å². The molecule has 1 aliphatic carbocycles. The van der Waals surface area contributed by atoms with E-state index in [9.17, 15) is 4.79 Å². The van der Waals surface area contributed by atoms with Gasteiger partial charge in [-0.15, -0.1) is 0 Å². The number of hydrogen-bond acceptors (Lipinski definition) is 4. The lowest BCUT2D eigenvalue weighted by Gasteiger charge is -2.13. The van der Waals surface area contributed by atoms with Crippen LogP contribution in [0, 0.1) is 0 Å². The third kappa shape index (κ3) is 2.72. The molecule has 1 aliphatic rings. The van der Waals surface area contributed by atoms with E-state index in [0.717, 1.165) is 30.8 Å². The topological polar surface area (TPSA) is 72.9 Å². The van der Waals surface area contributed by atoms with Gasteiger partial charge in [0.25, 0.3) is 5.56 Å². The normalized spacial score (nSPS) is 21.9. The molecule has 2 atom stereocenters. The van der Waals surface area contributed by atoms with Crippen molar-refractivity contribution < 1.29 is 0 Å². The first-order valence-electron chi connectivity index (χ1n) is 6.88. The Morgan fingerprint density at radius 1 is 1.25 bits per heavy atom. The van der Waals surface area contributed by atoms with Crippen LogP contribution < -0.4 is 16.6 Å². The van der Waals surface area contributed by atoms with E-state index in [2.05, 4.69) is 10.3 Å². The van der Waals surface area contributed by atoms with Gasteiger partial charge in [-0.3, -0.25) is 9.36 Å². The van der Waals surface area contributed by atoms with E-state index < -0.39 is 0 Å². The molecule has 5 nitrogen and oxygen atoms in total. The van der Waals surface area contributed by atoms with Crippen molar-refractivity contribution in [1.29, 1.82) is 0 Å². The molecule has 104 valence electrons. The number of hydrogen-bond donors (Lipinski definition) is 2. The van der Waals surface area contributed by atoms with Gasteiger partial charge >= 0.3 is 0 Å². The molecule has 0 unspecified atom stereocenters. The minimum absolute atomic E-state index is 0.0585. The van der Waals surface area contributed by atoms with Crippen molar-refractivity contribution in [1.82, 2.24) is 9.55 Å². The number of aromatic nitrogens is 2. The lowest BCUT2D eigenvalue weighted by Crippen LogP contribution is -2.21. The zero-order chi connectivity index (χ0) is 13.9. The first-order chi connectivity index (χ1) is 9.72. The van der Waals surface area contributed by atoms with Crippen molar-refractivity contribution in [3.05, 3.63) is 53.1 Å². The van der Waals surface area contributed by atoms with E-state index in [4.69, 9.17) is 5.73 Å². The van der Waals surface area contributed by atoms with Crippen molar-refractivity contribution >= 4 is 5.82 Å². The Balaban J connectivity index is 1.75. The molecule has 20 heavy (non-hydrogen) atoms. The van der Waals surface area contributed by atoms with Crippen molar-refractivity contribution in [3.63, 3.8) is 0 Å². The zero-order valence-corrected chi connectivity index (χ0v) is 11.2. The molecule has 0 aromatic carbocycles. The maximum atomic E-state index is 11.7. The standard InChI is InChI=1S/C15H18N4O/c16-11-4-5-12(9-11)18-14-7-6-13(10-17-14)19-8-2-1-3-15(19)20/h1-3,6-8,10-12H,4-5,9,16H2,(H,17,18)/t11-,12-/m0/s1. The summed E-state index contributed by atoms with van der Waals surface area (Å²) >= 11 is 0. The highest BCUT2D eigenvalue weighted by atomic mass is 16.1. The molecule has 0 spiro atoms. The highest BCUT2D eigenvalue weighted by Gasteiger charge is 2.21. The maximum Gasteiger partial charge on any atom is 0.255 e. The fourth-order valence-corrected chi connectivity index (χ4v) is 2.61. The Morgan fingerprint density at radius 2 is 2.15 bits per heavy atom. The Labute approximate surface area is 117 Å². The second-order valence-corrected chi connectivity index (χ2v) is 5.22. The largest absolute Gasteiger partial charge is 0.367 e. The average molecular weight is 270 g/mol. The number of nitrogens with one attached hydrogen (secondary N) is 1. The Kier molecular flexibility index (Phi) is 3.52. The number of nitrogens with two attached hydrogens (primary N) is 1.